The molecule has 2 aromatic carbocycles. The summed E-state index contributed by atoms with van der Waals surface area (Å²) in [5.74, 6) is 0.490. The van der Waals surface area contributed by atoms with E-state index in [1.54, 1.807) is 24.3 Å². The zero-order chi connectivity index (χ0) is 21.0. The first kappa shape index (κ1) is 19.3. The van der Waals surface area contributed by atoms with Gasteiger partial charge in [0.1, 0.15) is 11.4 Å². The van der Waals surface area contributed by atoms with Crippen LogP contribution in [0.5, 0.6) is 5.75 Å². The third-order valence-corrected chi connectivity index (χ3v) is 5.14. The molecular formula is C21H19F3N2O3. The Hall–Kier alpha value is -3.03. The largest absolute Gasteiger partial charge is 0.487 e. The zero-order valence-electron chi connectivity index (χ0n) is 15.8. The van der Waals surface area contributed by atoms with Crippen LogP contribution in [0.15, 0.2) is 48.5 Å². The number of rotatable bonds is 2. The Morgan fingerprint density at radius 2 is 1.72 bits per heavy atom. The summed E-state index contributed by atoms with van der Waals surface area (Å²) in [4.78, 5) is 13.8. The SMILES string of the molecule is CC1(C)CC2(OC(=O)N(Cc3ccc(C(F)(F)F)cc3)C2=N)c2ccccc2O1. The van der Waals surface area contributed by atoms with E-state index in [1.807, 2.05) is 13.8 Å². The Morgan fingerprint density at radius 1 is 1.07 bits per heavy atom. The zero-order valence-corrected chi connectivity index (χ0v) is 15.8. The molecular weight excluding hydrogens is 385 g/mol. The Bertz CT molecular complexity index is 985. The van der Waals surface area contributed by atoms with Crippen LogP contribution in [0.2, 0.25) is 0 Å². The number of nitrogens with zero attached hydrogens (tertiary/aromatic N) is 1. The number of carbonyl (C=O) groups is 1. The number of amides is 1. The number of amidine groups is 1. The third-order valence-electron chi connectivity index (χ3n) is 5.14. The molecule has 1 atom stereocenters. The maximum absolute atomic E-state index is 12.8. The quantitative estimate of drug-likeness (QED) is 0.758. The van der Waals surface area contributed by atoms with Gasteiger partial charge in [-0.1, -0.05) is 30.3 Å². The maximum atomic E-state index is 12.8. The van der Waals surface area contributed by atoms with Gasteiger partial charge in [-0.05, 0) is 37.6 Å². The second-order valence-corrected chi connectivity index (χ2v) is 7.86. The molecule has 2 aliphatic rings. The van der Waals surface area contributed by atoms with Gasteiger partial charge in [0.25, 0.3) is 0 Å². The molecule has 0 saturated carbocycles. The number of ether oxygens (including phenoxy) is 2. The van der Waals surface area contributed by atoms with Crippen LogP contribution in [-0.4, -0.2) is 22.4 Å². The normalized spacial score (nSPS) is 23.0. The summed E-state index contributed by atoms with van der Waals surface area (Å²) >= 11 is 0. The van der Waals surface area contributed by atoms with Gasteiger partial charge in [0, 0.05) is 12.0 Å². The average Bonchev–Trinajstić information content (AvgIpc) is 2.85. The molecule has 1 spiro atoms. The first-order valence-electron chi connectivity index (χ1n) is 9.06. The van der Waals surface area contributed by atoms with E-state index in [1.165, 1.54) is 12.1 Å². The Balaban J connectivity index is 1.66. The van der Waals surface area contributed by atoms with Crippen LogP contribution in [0.1, 0.15) is 37.0 Å². The van der Waals surface area contributed by atoms with Crippen LogP contribution < -0.4 is 4.74 Å². The number of halogens is 3. The van der Waals surface area contributed by atoms with Crippen molar-refractivity contribution >= 4 is 11.9 Å². The lowest BCUT2D eigenvalue weighted by Crippen LogP contribution is -2.49. The molecule has 5 nitrogen and oxygen atoms in total. The maximum Gasteiger partial charge on any atom is 0.417 e. The van der Waals surface area contributed by atoms with Crippen LogP contribution in [0, 0.1) is 5.41 Å². The molecule has 8 heteroatoms. The number of carbonyl (C=O) groups excluding carboxylic acids is 1. The summed E-state index contributed by atoms with van der Waals surface area (Å²) in [5, 5.41) is 8.72. The van der Waals surface area contributed by atoms with Crippen molar-refractivity contribution in [3.05, 3.63) is 65.2 Å². The third kappa shape index (κ3) is 3.22. The molecule has 2 aromatic rings. The topological polar surface area (TPSA) is 62.6 Å². The number of benzene rings is 2. The number of fused-ring (bicyclic) bond motifs is 2. The van der Waals surface area contributed by atoms with Crippen molar-refractivity contribution in [2.45, 2.75) is 44.2 Å². The number of nitrogens with one attached hydrogen (secondary N) is 1. The van der Waals surface area contributed by atoms with Crippen molar-refractivity contribution in [2.24, 2.45) is 0 Å². The molecule has 1 N–H and O–H groups in total. The highest BCUT2D eigenvalue weighted by Crippen LogP contribution is 2.49. The van der Waals surface area contributed by atoms with Gasteiger partial charge in [-0.15, -0.1) is 0 Å². The second-order valence-electron chi connectivity index (χ2n) is 7.86. The molecule has 0 aromatic heterocycles. The molecule has 1 saturated heterocycles. The molecule has 1 unspecified atom stereocenters. The molecule has 0 radical (unpaired) electrons. The van der Waals surface area contributed by atoms with Crippen molar-refractivity contribution in [1.29, 1.82) is 5.41 Å². The molecule has 1 amide bonds. The summed E-state index contributed by atoms with van der Waals surface area (Å²) < 4.78 is 50.0. The van der Waals surface area contributed by atoms with Gasteiger partial charge >= 0.3 is 12.3 Å². The molecule has 4 rings (SSSR count). The van der Waals surface area contributed by atoms with E-state index < -0.39 is 29.0 Å². The van der Waals surface area contributed by atoms with Crippen molar-refractivity contribution in [2.75, 3.05) is 0 Å². The lowest BCUT2D eigenvalue weighted by Gasteiger charge is -2.42. The number of para-hydroxylation sites is 1. The van der Waals surface area contributed by atoms with Crippen LogP contribution >= 0.6 is 0 Å². The minimum atomic E-state index is -4.43. The Labute approximate surface area is 165 Å². The standard InChI is InChI=1S/C21H19F3N2O3/c1-19(2)12-20(15-5-3-4-6-16(15)28-19)17(25)26(18(27)29-20)11-13-7-9-14(10-8-13)21(22,23)24/h3-10,25H,11-12H2,1-2H3. The number of hydrogen-bond donors (Lipinski definition) is 1. The van der Waals surface area contributed by atoms with Gasteiger partial charge in [0.2, 0.25) is 5.60 Å². The lowest BCUT2D eigenvalue weighted by atomic mass is 9.79. The van der Waals surface area contributed by atoms with E-state index in [0.29, 0.717) is 16.9 Å². The fraction of sp³-hybridized carbons (Fsp3) is 0.333. The molecule has 2 heterocycles. The summed E-state index contributed by atoms with van der Waals surface area (Å²) in [6.07, 6.45) is -4.88. The number of alkyl halides is 3. The molecule has 2 aliphatic heterocycles. The monoisotopic (exact) mass is 404 g/mol. The predicted molar refractivity (Wildman–Crippen MR) is 98.6 cm³/mol. The van der Waals surface area contributed by atoms with Crippen molar-refractivity contribution in [3.63, 3.8) is 0 Å². The highest BCUT2D eigenvalue weighted by atomic mass is 19.4. The van der Waals surface area contributed by atoms with Gasteiger partial charge in [0.05, 0.1) is 12.1 Å². The van der Waals surface area contributed by atoms with E-state index in [9.17, 15) is 18.0 Å². The van der Waals surface area contributed by atoms with Gasteiger partial charge in [0.15, 0.2) is 5.84 Å². The van der Waals surface area contributed by atoms with E-state index >= 15 is 0 Å². The Morgan fingerprint density at radius 3 is 2.38 bits per heavy atom. The number of hydrogen-bond acceptors (Lipinski definition) is 4. The minimum Gasteiger partial charge on any atom is -0.487 e. The molecule has 29 heavy (non-hydrogen) atoms. The van der Waals surface area contributed by atoms with Gasteiger partial charge in [-0.25, -0.2) is 4.79 Å². The predicted octanol–water partition coefficient (Wildman–Crippen LogP) is 5.09. The van der Waals surface area contributed by atoms with Crippen molar-refractivity contribution in [3.8, 4) is 5.75 Å². The van der Waals surface area contributed by atoms with E-state index in [-0.39, 0.29) is 18.8 Å². The van der Waals surface area contributed by atoms with E-state index in [0.717, 1.165) is 17.0 Å². The highest BCUT2D eigenvalue weighted by Gasteiger charge is 2.58. The average molecular weight is 404 g/mol. The minimum absolute atomic E-state index is 0.0498. The molecule has 1 fully saturated rings. The van der Waals surface area contributed by atoms with Gasteiger partial charge < -0.3 is 9.47 Å². The fourth-order valence-corrected chi connectivity index (χ4v) is 3.91. The molecule has 0 aliphatic carbocycles. The molecule has 152 valence electrons. The fourth-order valence-electron chi connectivity index (χ4n) is 3.91. The lowest BCUT2D eigenvalue weighted by molar-refractivity contribution is -0.137. The second kappa shape index (κ2) is 6.23. The van der Waals surface area contributed by atoms with E-state index in [2.05, 4.69) is 0 Å². The summed E-state index contributed by atoms with van der Waals surface area (Å²) in [5.41, 5.74) is -1.67. The first-order chi connectivity index (χ1) is 13.5. The van der Waals surface area contributed by atoms with Crippen molar-refractivity contribution in [1.82, 2.24) is 4.90 Å². The first-order valence-corrected chi connectivity index (χ1v) is 9.06. The van der Waals surface area contributed by atoms with Gasteiger partial charge in [-0.2, -0.15) is 13.2 Å². The summed E-state index contributed by atoms with van der Waals surface area (Å²) in [6.45, 7) is 3.65. The molecule has 0 bridgehead atoms. The summed E-state index contributed by atoms with van der Waals surface area (Å²) in [6, 6.07) is 11.6. The van der Waals surface area contributed by atoms with Gasteiger partial charge in [-0.3, -0.25) is 10.3 Å². The van der Waals surface area contributed by atoms with Crippen LogP contribution in [0.3, 0.4) is 0 Å². The van der Waals surface area contributed by atoms with Crippen LogP contribution in [0.25, 0.3) is 0 Å². The van der Waals surface area contributed by atoms with Crippen LogP contribution in [-0.2, 0) is 23.1 Å². The highest BCUT2D eigenvalue weighted by molar-refractivity contribution is 6.05. The Kier molecular flexibility index (Phi) is 4.15. The summed E-state index contributed by atoms with van der Waals surface area (Å²) in [7, 11) is 0. The van der Waals surface area contributed by atoms with Crippen LogP contribution in [0.4, 0.5) is 18.0 Å². The smallest absolute Gasteiger partial charge is 0.417 e. The van der Waals surface area contributed by atoms with E-state index in [4.69, 9.17) is 14.9 Å². The van der Waals surface area contributed by atoms with Crippen molar-refractivity contribution < 1.29 is 27.4 Å².